The van der Waals surface area contributed by atoms with Crippen molar-refractivity contribution in [1.29, 1.82) is 0 Å². The number of ether oxygens (including phenoxy) is 1. The van der Waals surface area contributed by atoms with Gasteiger partial charge in [0.15, 0.2) is 5.69 Å². The number of hydrogen-bond acceptors (Lipinski definition) is 4. The van der Waals surface area contributed by atoms with Crippen molar-refractivity contribution in [2.75, 3.05) is 0 Å². The molecule has 2 aromatic carbocycles. The molecule has 1 N–H and O–H groups in total. The number of aromatic nitrogens is 1. The number of hydrogen-bond donors (Lipinski definition) is 1. The van der Waals surface area contributed by atoms with Crippen LogP contribution in [0.15, 0.2) is 47.0 Å². The van der Waals surface area contributed by atoms with Crippen molar-refractivity contribution in [3.8, 4) is 5.75 Å². The van der Waals surface area contributed by atoms with E-state index in [0.29, 0.717) is 11.3 Å². The van der Waals surface area contributed by atoms with Crippen LogP contribution in [0.2, 0.25) is 0 Å². The lowest BCUT2D eigenvalue weighted by Crippen LogP contribution is -2.28. The van der Waals surface area contributed by atoms with E-state index in [1.807, 2.05) is 32.9 Å². The summed E-state index contributed by atoms with van der Waals surface area (Å²) in [5, 5.41) is 7.01. The summed E-state index contributed by atoms with van der Waals surface area (Å²) < 4.78 is 11.2. The zero-order valence-corrected chi connectivity index (χ0v) is 19.5. The van der Waals surface area contributed by atoms with Gasteiger partial charge in [-0.2, -0.15) is 0 Å². The molecule has 1 atom stereocenters. The maximum atomic E-state index is 12.9. The molecule has 164 valence electrons. The highest BCUT2D eigenvalue weighted by molar-refractivity contribution is 5.94. The van der Waals surface area contributed by atoms with Crippen LogP contribution < -0.4 is 10.1 Å². The number of carbonyl (C=O) groups excluding carboxylic acids is 1. The molecule has 0 fully saturated rings. The number of rotatable bonds is 6. The first kappa shape index (κ1) is 22.6. The molecule has 0 spiro atoms. The molecule has 5 nitrogen and oxygen atoms in total. The second-order valence-corrected chi connectivity index (χ2v) is 9.25. The van der Waals surface area contributed by atoms with Gasteiger partial charge in [-0.3, -0.25) is 4.79 Å². The second-order valence-electron chi connectivity index (χ2n) is 9.25. The van der Waals surface area contributed by atoms with Crippen molar-refractivity contribution < 1.29 is 14.1 Å². The summed E-state index contributed by atoms with van der Waals surface area (Å²) in [7, 11) is 0. The van der Waals surface area contributed by atoms with Gasteiger partial charge in [-0.25, -0.2) is 0 Å². The maximum absolute atomic E-state index is 12.9. The lowest BCUT2D eigenvalue weighted by atomic mass is 9.86. The highest BCUT2D eigenvalue weighted by atomic mass is 16.5. The highest BCUT2D eigenvalue weighted by Gasteiger charge is 2.22. The summed E-state index contributed by atoms with van der Waals surface area (Å²) in [4.78, 5) is 12.9. The fourth-order valence-electron chi connectivity index (χ4n) is 3.53. The largest absolute Gasteiger partial charge is 0.489 e. The van der Waals surface area contributed by atoms with Crippen molar-refractivity contribution >= 4 is 5.91 Å². The van der Waals surface area contributed by atoms with Gasteiger partial charge in [-0.1, -0.05) is 56.3 Å². The summed E-state index contributed by atoms with van der Waals surface area (Å²) in [6.45, 7) is 14.6. The molecular formula is C26H32N2O3. The van der Waals surface area contributed by atoms with E-state index in [4.69, 9.17) is 9.26 Å². The number of aryl methyl sites for hydroxylation is 3. The average molecular weight is 421 g/mol. The Morgan fingerprint density at radius 2 is 1.68 bits per heavy atom. The van der Waals surface area contributed by atoms with Crippen LogP contribution in [-0.4, -0.2) is 11.1 Å². The third-order valence-corrected chi connectivity index (χ3v) is 5.40. The van der Waals surface area contributed by atoms with Gasteiger partial charge >= 0.3 is 0 Å². The van der Waals surface area contributed by atoms with Gasteiger partial charge < -0.3 is 14.6 Å². The molecule has 0 aliphatic carbocycles. The number of nitrogens with one attached hydrogen (secondary N) is 1. The lowest BCUT2D eigenvalue weighted by molar-refractivity contribution is 0.0928. The summed E-state index contributed by atoms with van der Waals surface area (Å²) >= 11 is 0. The molecule has 5 heteroatoms. The summed E-state index contributed by atoms with van der Waals surface area (Å²) in [6, 6.07) is 14.2. The molecule has 0 radical (unpaired) electrons. The van der Waals surface area contributed by atoms with Crippen LogP contribution >= 0.6 is 0 Å². The van der Waals surface area contributed by atoms with Crippen LogP contribution in [0.5, 0.6) is 5.75 Å². The van der Waals surface area contributed by atoms with Gasteiger partial charge in [0.2, 0.25) is 0 Å². The topological polar surface area (TPSA) is 64.4 Å². The summed E-state index contributed by atoms with van der Waals surface area (Å²) in [5.41, 5.74) is 5.56. The average Bonchev–Trinajstić information content (AvgIpc) is 3.05. The van der Waals surface area contributed by atoms with Crippen molar-refractivity contribution in [2.24, 2.45) is 0 Å². The molecule has 0 aliphatic heterocycles. The summed E-state index contributed by atoms with van der Waals surface area (Å²) in [6.07, 6.45) is 0. The van der Waals surface area contributed by atoms with E-state index in [0.717, 1.165) is 22.4 Å². The van der Waals surface area contributed by atoms with Crippen molar-refractivity contribution in [2.45, 2.75) is 66.5 Å². The standard InChI is InChI=1S/C26H32N2O3/c1-16-12-17(2)14-22(13-16)30-15-23-19(4)31-28-24(23)25(29)27-18(3)20-8-10-21(11-9-20)26(5,6)7/h8-14,18H,15H2,1-7H3,(H,27,29). The third kappa shape index (κ3) is 5.54. The minimum Gasteiger partial charge on any atom is -0.489 e. The fourth-order valence-corrected chi connectivity index (χ4v) is 3.53. The van der Waals surface area contributed by atoms with Crippen LogP contribution in [-0.2, 0) is 12.0 Å². The van der Waals surface area contributed by atoms with Crippen LogP contribution in [0.4, 0.5) is 0 Å². The van der Waals surface area contributed by atoms with Gasteiger partial charge in [0, 0.05) is 0 Å². The molecule has 3 rings (SSSR count). The Balaban J connectivity index is 1.70. The fraction of sp³-hybridized carbons (Fsp3) is 0.385. The van der Waals surface area contributed by atoms with Crippen molar-refractivity contribution in [1.82, 2.24) is 10.5 Å². The number of benzene rings is 2. The first-order chi connectivity index (χ1) is 14.5. The van der Waals surface area contributed by atoms with Crippen molar-refractivity contribution in [3.63, 3.8) is 0 Å². The Morgan fingerprint density at radius 3 is 2.26 bits per heavy atom. The van der Waals surface area contributed by atoms with Gasteiger partial charge in [0.1, 0.15) is 18.1 Å². The van der Waals surface area contributed by atoms with Gasteiger partial charge in [-0.15, -0.1) is 0 Å². The lowest BCUT2D eigenvalue weighted by Gasteiger charge is -2.20. The van der Waals surface area contributed by atoms with Gasteiger partial charge in [0.25, 0.3) is 5.91 Å². The molecule has 31 heavy (non-hydrogen) atoms. The van der Waals surface area contributed by atoms with Crippen LogP contribution in [0, 0.1) is 20.8 Å². The Kier molecular flexibility index (Phi) is 6.54. The zero-order valence-electron chi connectivity index (χ0n) is 19.5. The molecule has 0 saturated carbocycles. The molecule has 0 bridgehead atoms. The maximum Gasteiger partial charge on any atom is 0.274 e. The SMILES string of the molecule is Cc1cc(C)cc(OCc2c(C(=O)NC(C)c3ccc(C(C)(C)C)cc3)noc2C)c1. The second kappa shape index (κ2) is 8.96. The molecule has 0 aliphatic rings. The van der Waals surface area contributed by atoms with Crippen LogP contribution in [0.1, 0.15) is 77.8 Å². The first-order valence-corrected chi connectivity index (χ1v) is 10.6. The monoisotopic (exact) mass is 420 g/mol. The molecule has 1 aromatic heterocycles. The predicted molar refractivity (Wildman–Crippen MR) is 123 cm³/mol. The van der Waals surface area contributed by atoms with E-state index in [1.165, 1.54) is 5.56 Å². The van der Waals surface area contributed by atoms with E-state index >= 15 is 0 Å². The highest BCUT2D eigenvalue weighted by Crippen LogP contribution is 2.25. The third-order valence-electron chi connectivity index (χ3n) is 5.40. The molecule has 0 saturated heterocycles. The van der Waals surface area contributed by atoms with Crippen molar-refractivity contribution in [3.05, 3.63) is 81.7 Å². The minimum absolute atomic E-state index is 0.0913. The number of carbonyl (C=O) groups is 1. The minimum atomic E-state index is -0.275. The van der Waals surface area contributed by atoms with Gasteiger partial charge in [0.05, 0.1) is 11.6 Å². The zero-order chi connectivity index (χ0) is 22.8. The first-order valence-electron chi connectivity index (χ1n) is 10.6. The van der Waals surface area contributed by atoms with E-state index < -0.39 is 0 Å². The van der Waals surface area contributed by atoms with Gasteiger partial charge in [-0.05, 0) is 67.5 Å². The number of amides is 1. The Labute approximate surface area is 184 Å². The smallest absolute Gasteiger partial charge is 0.274 e. The molecule has 1 heterocycles. The van der Waals surface area contributed by atoms with E-state index in [-0.39, 0.29) is 29.7 Å². The van der Waals surface area contributed by atoms with Crippen LogP contribution in [0.3, 0.4) is 0 Å². The molecule has 1 amide bonds. The normalized spacial score (nSPS) is 12.5. The molecule has 1 unspecified atom stereocenters. The van der Waals surface area contributed by atoms with E-state index in [1.54, 1.807) is 6.92 Å². The van der Waals surface area contributed by atoms with Crippen LogP contribution in [0.25, 0.3) is 0 Å². The molecular weight excluding hydrogens is 388 g/mol. The predicted octanol–water partition coefficient (Wildman–Crippen LogP) is 5.97. The Hall–Kier alpha value is -3.08. The van der Waals surface area contributed by atoms with E-state index in [9.17, 15) is 4.79 Å². The quantitative estimate of drug-likeness (QED) is 0.534. The summed E-state index contributed by atoms with van der Waals surface area (Å²) in [5.74, 6) is 1.07. The number of nitrogens with zero attached hydrogens (tertiary/aromatic N) is 1. The Morgan fingerprint density at radius 1 is 1.06 bits per heavy atom. The molecule has 3 aromatic rings. The van der Waals surface area contributed by atoms with E-state index in [2.05, 4.69) is 61.6 Å². The Bertz CT molecular complexity index is 1040.